The maximum Gasteiger partial charge on any atom is 0.379 e. The van der Waals surface area contributed by atoms with Gasteiger partial charge in [0.25, 0.3) is 10.1 Å². The molecular formula is C10H15F3O3SSi. The number of halogens is 3. The van der Waals surface area contributed by atoms with Crippen molar-refractivity contribution in [3.8, 4) is 0 Å². The van der Waals surface area contributed by atoms with Crippen LogP contribution in [0, 0.1) is 0 Å². The fourth-order valence-electron chi connectivity index (χ4n) is 1.31. The van der Waals surface area contributed by atoms with E-state index in [1.807, 2.05) is 19.6 Å². The van der Waals surface area contributed by atoms with Crippen LogP contribution in [0.2, 0.25) is 19.6 Å². The molecule has 0 amide bonds. The van der Waals surface area contributed by atoms with Crippen LogP contribution < -0.4 is 5.19 Å². The highest BCUT2D eigenvalue weighted by Crippen LogP contribution is 2.11. The average Bonchev–Trinajstić information content (AvgIpc) is 2.14. The van der Waals surface area contributed by atoms with Gasteiger partial charge in [0.2, 0.25) is 0 Å². The van der Waals surface area contributed by atoms with E-state index in [-0.39, 0.29) is 4.90 Å². The number of alkyl halides is 3. The van der Waals surface area contributed by atoms with E-state index < -0.39 is 24.9 Å². The van der Waals surface area contributed by atoms with Crippen molar-refractivity contribution in [3.05, 3.63) is 24.3 Å². The zero-order valence-corrected chi connectivity index (χ0v) is 12.0. The lowest BCUT2D eigenvalue weighted by molar-refractivity contribution is 0.00819. The molecule has 0 radical (unpaired) electrons. The second-order valence-corrected chi connectivity index (χ2v) is 10.9. The molecule has 0 saturated heterocycles. The average molecular weight is 300 g/mol. The minimum absolute atomic E-state index is 0.0548. The molecule has 104 valence electrons. The number of rotatable bonds is 2. The third-order valence-corrected chi connectivity index (χ3v) is 5.12. The van der Waals surface area contributed by atoms with Crippen LogP contribution in [0.25, 0.3) is 0 Å². The van der Waals surface area contributed by atoms with E-state index in [0.717, 1.165) is 5.19 Å². The van der Waals surface area contributed by atoms with Gasteiger partial charge < -0.3 is 0 Å². The Morgan fingerprint density at radius 3 is 1.78 bits per heavy atom. The Kier molecular flexibility index (Phi) is 6.04. The molecule has 3 nitrogen and oxygen atoms in total. The van der Waals surface area contributed by atoms with E-state index in [0.29, 0.717) is 0 Å². The van der Waals surface area contributed by atoms with Crippen molar-refractivity contribution >= 4 is 23.4 Å². The lowest BCUT2D eigenvalue weighted by Gasteiger charge is -2.19. The predicted molar refractivity (Wildman–Crippen MR) is 66.3 cm³/mol. The summed E-state index contributed by atoms with van der Waals surface area (Å²) in [4.78, 5) is 0.0548. The molecule has 0 aliphatic carbocycles. The van der Waals surface area contributed by atoms with Crippen LogP contribution >= 0.6 is 0 Å². The van der Waals surface area contributed by atoms with E-state index in [2.05, 4.69) is 0 Å². The third kappa shape index (κ3) is 6.17. The zero-order valence-electron chi connectivity index (χ0n) is 10.2. The molecular weight excluding hydrogens is 285 g/mol. The van der Waals surface area contributed by atoms with Crippen LogP contribution in [-0.4, -0.2) is 27.7 Å². The van der Waals surface area contributed by atoms with Gasteiger partial charge in [-0.2, -0.15) is 21.6 Å². The molecule has 0 bridgehead atoms. The summed E-state index contributed by atoms with van der Waals surface area (Å²) < 4.78 is 60.2. The smallest absolute Gasteiger partial charge is 0.282 e. The molecule has 8 heteroatoms. The molecule has 1 aromatic rings. The molecule has 1 rings (SSSR count). The predicted octanol–water partition coefficient (Wildman–Crippen LogP) is 2.66. The highest BCUT2D eigenvalue weighted by atomic mass is 32.2. The topological polar surface area (TPSA) is 54.4 Å². The van der Waals surface area contributed by atoms with Crippen LogP contribution in [0.5, 0.6) is 0 Å². The van der Waals surface area contributed by atoms with Gasteiger partial charge in [0.15, 0.2) is 0 Å². The van der Waals surface area contributed by atoms with Gasteiger partial charge in [0.1, 0.15) is 0 Å². The monoisotopic (exact) mass is 300 g/mol. The molecule has 1 aromatic carbocycles. The summed E-state index contributed by atoms with van der Waals surface area (Å²) in [6.45, 7) is 2.45. The summed E-state index contributed by atoms with van der Waals surface area (Å²) >= 11 is 0. The summed E-state index contributed by atoms with van der Waals surface area (Å²) in [5.74, 6) is 0. The molecule has 0 aliphatic heterocycles. The van der Waals surface area contributed by atoms with E-state index in [1.165, 1.54) is 6.07 Å². The van der Waals surface area contributed by atoms with Gasteiger partial charge >= 0.3 is 6.68 Å². The Labute approximate surface area is 105 Å². The first-order valence-corrected chi connectivity index (χ1v) is 9.89. The first kappa shape index (κ1) is 17.1. The second-order valence-electron chi connectivity index (χ2n) is 4.47. The van der Waals surface area contributed by atoms with Crippen molar-refractivity contribution in [2.75, 3.05) is 0 Å². The summed E-state index contributed by atoms with van der Waals surface area (Å²) in [5.41, 5.74) is 0. The number of hydrogen-bond donors (Lipinski definition) is 1. The first-order valence-electron chi connectivity index (χ1n) is 4.95. The Hall–Kier alpha value is -0.863. The summed E-state index contributed by atoms with van der Waals surface area (Å²) in [5, 5.41) is 0.766. The van der Waals surface area contributed by atoms with Crippen LogP contribution in [0.4, 0.5) is 13.2 Å². The van der Waals surface area contributed by atoms with Crippen LogP contribution in [-0.2, 0) is 10.1 Å². The first-order chi connectivity index (χ1) is 7.96. The zero-order chi connectivity index (χ0) is 14.6. The minimum atomic E-state index is -4.08. The minimum Gasteiger partial charge on any atom is -0.282 e. The molecule has 0 aromatic heterocycles. The van der Waals surface area contributed by atoms with E-state index in [1.54, 1.807) is 18.2 Å². The molecule has 0 fully saturated rings. The summed E-state index contributed by atoms with van der Waals surface area (Å²) in [7, 11) is -5.81. The van der Waals surface area contributed by atoms with E-state index in [4.69, 9.17) is 4.55 Å². The molecule has 0 atom stereocenters. The fraction of sp³-hybridized carbons (Fsp3) is 0.400. The van der Waals surface area contributed by atoms with Crippen molar-refractivity contribution in [2.24, 2.45) is 0 Å². The molecule has 18 heavy (non-hydrogen) atoms. The Bertz CT molecular complexity index is 481. The van der Waals surface area contributed by atoms with Crippen LogP contribution in [0.15, 0.2) is 29.2 Å². The number of hydrogen-bond acceptors (Lipinski definition) is 2. The molecule has 0 saturated carbocycles. The van der Waals surface area contributed by atoms with Gasteiger partial charge in [-0.05, 0) is 11.3 Å². The van der Waals surface area contributed by atoms with Crippen LogP contribution in [0.3, 0.4) is 0 Å². The maximum atomic E-state index is 11.1. The van der Waals surface area contributed by atoms with Gasteiger partial charge in [0.05, 0.1) is 13.0 Å². The molecule has 0 aliphatic rings. The maximum absolute atomic E-state index is 11.1. The standard InChI is InChI=1S/C9H14O3SSi.CHF3/c1-14(2,3)9-7-5-4-6-8(9)13(10,11)12;2-1(3)4/h4-7H,1-3H3,(H,10,11,12);1H. The van der Waals surface area contributed by atoms with Gasteiger partial charge in [-0.15, -0.1) is 0 Å². The quantitative estimate of drug-likeness (QED) is 0.675. The van der Waals surface area contributed by atoms with Gasteiger partial charge in [-0.25, -0.2) is 0 Å². The molecule has 0 unspecified atom stereocenters. The molecule has 1 N–H and O–H groups in total. The Morgan fingerprint density at radius 1 is 1.11 bits per heavy atom. The normalized spacial score (nSPS) is 12.0. The van der Waals surface area contributed by atoms with Crippen molar-refractivity contribution < 1.29 is 26.1 Å². The molecule has 0 heterocycles. The Balaban J connectivity index is 0.000000631. The summed E-state index contributed by atoms with van der Waals surface area (Å²) in [6.07, 6.45) is 0. The van der Waals surface area contributed by atoms with Crippen LogP contribution in [0.1, 0.15) is 0 Å². The van der Waals surface area contributed by atoms with Gasteiger partial charge in [-0.3, -0.25) is 4.55 Å². The van der Waals surface area contributed by atoms with E-state index >= 15 is 0 Å². The van der Waals surface area contributed by atoms with Gasteiger partial charge in [-0.1, -0.05) is 37.8 Å². The van der Waals surface area contributed by atoms with Gasteiger partial charge in [0, 0.05) is 0 Å². The van der Waals surface area contributed by atoms with E-state index in [9.17, 15) is 21.6 Å². The lowest BCUT2D eigenvalue weighted by Crippen LogP contribution is -2.40. The molecule has 0 spiro atoms. The van der Waals surface area contributed by atoms with Crippen molar-refractivity contribution in [1.29, 1.82) is 0 Å². The second kappa shape index (κ2) is 6.35. The van der Waals surface area contributed by atoms with Crippen molar-refractivity contribution in [1.82, 2.24) is 0 Å². The SMILES string of the molecule is C[Si](C)(C)c1ccccc1S(=O)(=O)O.FC(F)F. The van der Waals surface area contributed by atoms with Crippen molar-refractivity contribution in [3.63, 3.8) is 0 Å². The largest absolute Gasteiger partial charge is 0.379 e. The summed E-state index contributed by atoms with van der Waals surface area (Å²) in [6, 6.07) is 6.63. The lowest BCUT2D eigenvalue weighted by atomic mass is 10.4. The highest BCUT2D eigenvalue weighted by Gasteiger charge is 2.24. The fourth-order valence-corrected chi connectivity index (χ4v) is 4.63. The van der Waals surface area contributed by atoms with Crippen molar-refractivity contribution in [2.45, 2.75) is 31.2 Å². The Morgan fingerprint density at radius 2 is 1.50 bits per heavy atom. The third-order valence-electron chi connectivity index (χ3n) is 1.97. The number of benzene rings is 1. The highest BCUT2D eigenvalue weighted by molar-refractivity contribution is 7.86.